The van der Waals surface area contributed by atoms with E-state index >= 15 is 0 Å². The predicted octanol–water partition coefficient (Wildman–Crippen LogP) is -0.248. The molecule has 1 aliphatic heterocycles. The zero-order valence-electron chi connectivity index (χ0n) is 2.97. The van der Waals surface area contributed by atoms with E-state index in [1.807, 2.05) is 0 Å². The molecule has 1 fully saturated rings. The lowest BCUT2D eigenvalue weighted by atomic mass is 11.1. The Morgan fingerprint density at radius 2 is 2.20 bits per heavy atom. The van der Waals surface area contributed by atoms with E-state index < -0.39 is 0 Å². The molecule has 3 nitrogen and oxygen atoms in total. The minimum Gasteiger partial charge on any atom is -0.200 e. The van der Waals surface area contributed by atoms with Gasteiger partial charge in [-0.3, -0.25) is 0 Å². The van der Waals surface area contributed by atoms with Gasteiger partial charge in [0.1, 0.15) is 0 Å². The summed E-state index contributed by atoms with van der Waals surface area (Å²) >= 11 is 0. The molecule has 30 valence electrons. The van der Waals surface area contributed by atoms with Gasteiger partial charge < -0.3 is 0 Å². The van der Waals surface area contributed by atoms with Crippen LogP contribution in [-0.4, -0.2) is 18.8 Å². The molecular weight excluding hydrogens is 70.0 g/mol. The largest absolute Gasteiger partial charge is 0.200 e. The summed E-state index contributed by atoms with van der Waals surface area (Å²) in [5.74, 6) is 0. The van der Waals surface area contributed by atoms with Crippen molar-refractivity contribution < 1.29 is 9.88 Å². The molecule has 1 heterocycles. The molecule has 0 spiro atoms. The van der Waals surface area contributed by atoms with E-state index in [0.717, 1.165) is 0 Å². The van der Waals surface area contributed by atoms with Gasteiger partial charge in [-0.05, 0) is 0 Å². The Kier molecular flexibility index (Phi) is 0.574. The summed E-state index contributed by atoms with van der Waals surface area (Å²) in [7, 11) is 1.80. The number of nitrogens with zero attached hydrogens (tertiary/aromatic N) is 1. The molecule has 5 heavy (non-hydrogen) atoms. The fourth-order valence-corrected chi connectivity index (χ4v) is 0.158. The summed E-state index contributed by atoms with van der Waals surface area (Å²) in [5, 5.41) is 1.58. The third-order valence-corrected chi connectivity index (χ3v) is 0.414. The van der Waals surface area contributed by atoms with Crippen molar-refractivity contribution >= 4 is 0 Å². The first-order chi connectivity index (χ1) is 2.39. The highest BCUT2D eigenvalue weighted by atomic mass is 17.3. The quantitative estimate of drug-likeness (QED) is 0.371. The van der Waals surface area contributed by atoms with Crippen molar-refractivity contribution in [3.05, 3.63) is 0 Å². The first-order valence-corrected chi connectivity index (χ1v) is 1.40. The third-order valence-electron chi connectivity index (χ3n) is 0.414. The molecule has 0 radical (unpaired) electrons. The lowest BCUT2D eigenvalue weighted by Gasteiger charge is -2.21. The Morgan fingerprint density at radius 1 is 1.80 bits per heavy atom. The van der Waals surface area contributed by atoms with Crippen molar-refractivity contribution in [2.75, 3.05) is 13.8 Å². The Hall–Kier alpha value is -0.120. The van der Waals surface area contributed by atoms with Crippen LogP contribution in [0.15, 0.2) is 0 Å². The lowest BCUT2D eigenvalue weighted by Crippen LogP contribution is -2.32. The Balaban J connectivity index is 2.08. The average Bonchev–Trinajstić information content (AvgIpc) is 1.30. The van der Waals surface area contributed by atoms with Gasteiger partial charge in [0, 0.05) is 7.05 Å². The summed E-state index contributed by atoms with van der Waals surface area (Å²) in [6, 6.07) is 0. The summed E-state index contributed by atoms with van der Waals surface area (Å²) in [6.07, 6.45) is 0. The number of hydrogen-bond acceptors (Lipinski definition) is 3. The number of hydroxylamine groups is 2. The minimum atomic E-state index is 0.597. The average molecular weight is 75.1 g/mol. The van der Waals surface area contributed by atoms with E-state index in [1.165, 1.54) is 0 Å². The van der Waals surface area contributed by atoms with Gasteiger partial charge in [0.2, 0.25) is 0 Å². The van der Waals surface area contributed by atoms with Gasteiger partial charge in [-0.2, -0.15) is 4.89 Å². The number of rotatable bonds is 0. The van der Waals surface area contributed by atoms with Crippen LogP contribution in [0.5, 0.6) is 0 Å². The molecule has 3 heteroatoms. The van der Waals surface area contributed by atoms with Crippen molar-refractivity contribution in [1.82, 2.24) is 5.06 Å². The van der Waals surface area contributed by atoms with Crippen LogP contribution in [0.3, 0.4) is 0 Å². The molecule has 0 unspecified atom stereocenters. The van der Waals surface area contributed by atoms with Crippen LogP contribution in [0, 0.1) is 0 Å². The molecule has 0 amide bonds. The van der Waals surface area contributed by atoms with Crippen molar-refractivity contribution in [2.24, 2.45) is 0 Å². The normalized spacial score (nSPS) is 25.8. The molecule has 0 bridgehead atoms. The standard InChI is InChI=1S/C2H5NO2/c1-3-2-4-5-3/h2H2,1H3. The zero-order chi connectivity index (χ0) is 3.70. The molecular formula is C2H5NO2. The molecule has 0 atom stereocenters. The summed E-state index contributed by atoms with van der Waals surface area (Å²) in [5.41, 5.74) is 0. The summed E-state index contributed by atoms with van der Waals surface area (Å²) < 4.78 is 0. The molecule has 1 aliphatic rings. The SMILES string of the molecule is CN1COO1. The highest BCUT2D eigenvalue weighted by molar-refractivity contribution is 4.15. The van der Waals surface area contributed by atoms with Crippen molar-refractivity contribution in [3.8, 4) is 0 Å². The summed E-state index contributed by atoms with van der Waals surface area (Å²) in [6.45, 7) is 0.597. The first kappa shape index (κ1) is 3.08. The molecule has 0 aromatic carbocycles. The second kappa shape index (κ2) is 0.931. The van der Waals surface area contributed by atoms with Crippen molar-refractivity contribution in [2.45, 2.75) is 0 Å². The highest BCUT2D eigenvalue weighted by Crippen LogP contribution is 1.96. The fourth-order valence-electron chi connectivity index (χ4n) is 0.158. The van der Waals surface area contributed by atoms with E-state index in [4.69, 9.17) is 0 Å². The topological polar surface area (TPSA) is 21.7 Å². The number of hydrogen-bond donors (Lipinski definition) is 0. The van der Waals surface area contributed by atoms with Crippen LogP contribution in [0.2, 0.25) is 0 Å². The van der Waals surface area contributed by atoms with Gasteiger partial charge >= 0.3 is 0 Å². The van der Waals surface area contributed by atoms with Gasteiger partial charge in [-0.1, -0.05) is 0 Å². The fraction of sp³-hybridized carbons (Fsp3) is 1.00. The van der Waals surface area contributed by atoms with Crippen LogP contribution in [-0.2, 0) is 9.88 Å². The van der Waals surface area contributed by atoms with Crippen LogP contribution >= 0.6 is 0 Å². The van der Waals surface area contributed by atoms with Crippen LogP contribution < -0.4 is 0 Å². The van der Waals surface area contributed by atoms with E-state index in [0.29, 0.717) is 6.73 Å². The van der Waals surface area contributed by atoms with E-state index in [9.17, 15) is 0 Å². The molecule has 0 N–H and O–H groups in total. The molecule has 0 aromatic rings. The Labute approximate surface area is 30.0 Å². The minimum absolute atomic E-state index is 0.597. The maximum absolute atomic E-state index is 4.26. The van der Waals surface area contributed by atoms with Gasteiger partial charge in [-0.25, -0.2) is 0 Å². The lowest BCUT2D eigenvalue weighted by molar-refractivity contribution is -0.547. The second-order valence-corrected chi connectivity index (χ2v) is 0.949. The molecule has 1 saturated heterocycles. The molecule has 0 aromatic heterocycles. The zero-order valence-corrected chi connectivity index (χ0v) is 2.97. The predicted molar refractivity (Wildman–Crippen MR) is 14.8 cm³/mol. The Bertz CT molecular complexity index is 34.6. The molecule has 0 aliphatic carbocycles. The summed E-state index contributed by atoms with van der Waals surface area (Å²) in [4.78, 5) is 8.52. The van der Waals surface area contributed by atoms with Gasteiger partial charge in [0.05, 0.1) is 0 Å². The second-order valence-electron chi connectivity index (χ2n) is 0.949. The molecule has 1 rings (SSSR count). The smallest absolute Gasteiger partial charge is 0.162 e. The van der Waals surface area contributed by atoms with E-state index in [-0.39, 0.29) is 0 Å². The van der Waals surface area contributed by atoms with Crippen molar-refractivity contribution in [3.63, 3.8) is 0 Å². The van der Waals surface area contributed by atoms with Gasteiger partial charge in [0.15, 0.2) is 6.73 Å². The first-order valence-electron chi connectivity index (χ1n) is 1.40. The highest BCUT2D eigenvalue weighted by Gasteiger charge is 2.07. The van der Waals surface area contributed by atoms with E-state index in [2.05, 4.69) is 9.88 Å². The third kappa shape index (κ3) is 0.397. The van der Waals surface area contributed by atoms with Crippen LogP contribution in [0.4, 0.5) is 0 Å². The van der Waals surface area contributed by atoms with Gasteiger partial charge in [-0.15, -0.1) is 10.1 Å². The van der Waals surface area contributed by atoms with Crippen LogP contribution in [0.1, 0.15) is 0 Å². The van der Waals surface area contributed by atoms with Crippen molar-refractivity contribution in [1.29, 1.82) is 0 Å². The monoisotopic (exact) mass is 75.0 g/mol. The van der Waals surface area contributed by atoms with Crippen LogP contribution in [0.25, 0.3) is 0 Å². The maximum Gasteiger partial charge on any atom is 0.162 e. The Morgan fingerprint density at radius 3 is 2.20 bits per heavy atom. The van der Waals surface area contributed by atoms with Gasteiger partial charge in [0.25, 0.3) is 0 Å². The van der Waals surface area contributed by atoms with E-state index in [1.54, 1.807) is 12.1 Å². The maximum atomic E-state index is 4.26. The molecule has 0 saturated carbocycles.